The lowest BCUT2D eigenvalue weighted by atomic mass is 10.1. The Morgan fingerprint density at radius 3 is 1.56 bits per heavy atom. The van der Waals surface area contributed by atoms with Gasteiger partial charge in [-0.15, -0.1) is 0 Å². The maximum Gasteiger partial charge on any atom is 0.00669 e. The second-order valence-electron chi connectivity index (χ2n) is 7.14. The Balaban J connectivity index is 4.07. The van der Waals surface area contributed by atoms with E-state index in [1.165, 1.54) is 32.2 Å². The van der Waals surface area contributed by atoms with Gasteiger partial charge in [-0.1, -0.05) is 6.42 Å². The summed E-state index contributed by atoms with van der Waals surface area (Å²) in [5, 5.41) is 0. The van der Waals surface area contributed by atoms with Crippen molar-refractivity contribution in [2.75, 3.05) is 58.9 Å². The lowest BCUT2D eigenvalue weighted by molar-refractivity contribution is 0.188. The predicted molar refractivity (Wildman–Crippen MR) is 111 cm³/mol. The van der Waals surface area contributed by atoms with Crippen molar-refractivity contribution in [3.63, 3.8) is 0 Å². The highest BCUT2D eigenvalue weighted by molar-refractivity contribution is 4.69. The number of rotatable bonds is 19. The van der Waals surface area contributed by atoms with Crippen LogP contribution in [0.2, 0.25) is 0 Å². The summed E-state index contributed by atoms with van der Waals surface area (Å²) in [6.07, 6.45) is 9.34. The Morgan fingerprint density at radius 1 is 0.560 bits per heavy atom. The number of nitrogens with zero attached hydrogens (tertiary/aromatic N) is 2. The molecule has 0 saturated heterocycles. The Hall–Kier alpha value is -0.240. The minimum Gasteiger partial charge on any atom is -0.330 e. The van der Waals surface area contributed by atoms with Gasteiger partial charge in [-0.25, -0.2) is 0 Å². The van der Waals surface area contributed by atoms with Gasteiger partial charge in [-0.2, -0.15) is 0 Å². The van der Waals surface area contributed by atoms with Gasteiger partial charge in [0.25, 0.3) is 0 Å². The zero-order valence-electron chi connectivity index (χ0n) is 16.8. The van der Waals surface area contributed by atoms with E-state index in [-0.39, 0.29) is 0 Å². The summed E-state index contributed by atoms with van der Waals surface area (Å²) in [6.45, 7) is 11.1. The first-order valence-corrected chi connectivity index (χ1v) is 10.5. The molecular weight excluding hydrogens is 312 g/mol. The van der Waals surface area contributed by atoms with Crippen LogP contribution in [0.15, 0.2) is 0 Å². The molecule has 0 bridgehead atoms. The third-order valence-electron chi connectivity index (χ3n) is 4.88. The quantitative estimate of drug-likeness (QED) is 0.256. The van der Waals surface area contributed by atoms with Crippen molar-refractivity contribution in [1.82, 2.24) is 9.80 Å². The van der Waals surface area contributed by atoms with E-state index in [1.54, 1.807) is 0 Å². The van der Waals surface area contributed by atoms with Crippen molar-refractivity contribution in [2.24, 2.45) is 22.9 Å². The van der Waals surface area contributed by atoms with Crippen LogP contribution in [-0.4, -0.2) is 74.7 Å². The third-order valence-corrected chi connectivity index (χ3v) is 4.88. The molecule has 1 atom stereocenters. The maximum absolute atomic E-state index is 5.70. The average Bonchev–Trinajstić information content (AvgIpc) is 2.62. The SMILES string of the molecule is CC(CCCCN(CCCN)CCCN)N(CCCN)CCCCN. The average molecular weight is 359 g/mol. The number of nitrogens with two attached hydrogens (primary N) is 4. The van der Waals surface area contributed by atoms with E-state index >= 15 is 0 Å². The smallest absolute Gasteiger partial charge is 0.00669 e. The van der Waals surface area contributed by atoms with E-state index < -0.39 is 0 Å². The molecule has 0 saturated carbocycles. The minimum atomic E-state index is 0.630. The topological polar surface area (TPSA) is 111 Å². The van der Waals surface area contributed by atoms with Gasteiger partial charge in [-0.05, 0) is 111 Å². The maximum atomic E-state index is 5.70. The fourth-order valence-electron chi connectivity index (χ4n) is 3.23. The Kier molecular flexibility index (Phi) is 18.4. The van der Waals surface area contributed by atoms with Crippen LogP contribution < -0.4 is 22.9 Å². The molecule has 25 heavy (non-hydrogen) atoms. The van der Waals surface area contributed by atoms with E-state index in [4.69, 9.17) is 22.9 Å². The van der Waals surface area contributed by atoms with Gasteiger partial charge in [0.05, 0.1) is 0 Å². The monoisotopic (exact) mass is 358 g/mol. The molecule has 6 nitrogen and oxygen atoms in total. The van der Waals surface area contributed by atoms with Crippen molar-refractivity contribution in [3.05, 3.63) is 0 Å². The number of hydrogen-bond donors (Lipinski definition) is 4. The molecule has 0 aliphatic heterocycles. The van der Waals surface area contributed by atoms with Crippen LogP contribution in [-0.2, 0) is 0 Å². The highest BCUT2D eigenvalue weighted by Gasteiger charge is 2.13. The fraction of sp³-hybridized carbons (Fsp3) is 1.00. The molecule has 0 amide bonds. The van der Waals surface area contributed by atoms with Crippen LogP contribution in [0.25, 0.3) is 0 Å². The lowest BCUT2D eigenvalue weighted by Gasteiger charge is -2.29. The first-order valence-electron chi connectivity index (χ1n) is 10.5. The number of hydrogen-bond acceptors (Lipinski definition) is 6. The zero-order chi connectivity index (χ0) is 18.8. The first-order chi connectivity index (χ1) is 12.2. The summed E-state index contributed by atoms with van der Waals surface area (Å²) in [7, 11) is 0. The second kappa shape index (κ2) is 18.5. The largest absolute Gasteiger partial charge is 0.330 e. The van der Waals surface area contributed by atoms with Crippen molar-refractivity contribution < 1.29 is 0 Å². The van der Waals surface area contributed by atoms with Crippen LogP contribution in [0.4, 0.5) is 0 Å². The molecule has 8 N–H and O–H groups in total. The standard InChI is InChI=1S/C19H46N6/c1-19(25(18-8-13-23)17-5-3-10-20)9-2-4-14-24(15-6-11-21)16-7-12-22/h19H,2-18,20-23H2,1H3. The molecule has 0 rings (SSSR count). The van der Waals surface area contributed by atoms with E-state index in [9.17, 15) is 0 Å². The molecule has 0 fully saturated rings. The van der Waals surface area contributed by atoms with E-state index in [0.29, 0.717) is 6.04 Å². The summed E-state index contributed by atoms with van der Waals surface area (Å²) >= 11 is 0. The lowest BCUT2D eigenvalue weighted by Crippen LogP contribution is -2.36. The summed E-state index contributed by atoms with van der Waals surface area (Å²) in [5.41, 5.74) is 22.6. The Morgan fingerprint density at radius 2 is 1.00 bits per heavy atom. The molecule has 0 radical (unpaired) electrons. The molecule has 0 aliphatic carbocycles. The van der Waals surface area contributed by atoms with E-state index in [2.05, 4.69) is 16.7 Å². The van der Waals surface area contributed by atoms with Gasteiger partial charge in [0.2, 0.25) is 0 Å². The fourth-order valence-corrected chi connectivity index (χ4v) is 3.23. The zero-order valence-corrected chi connectivity index (χ0v) is 16.8. The predicted octanol–water partition coefficient (Wildman–Crippen LogP) is 0.935. The molecule has 0 aromatic carbocycles. The van der Waals surface area contributed by atoms with Gasteiger partial charge in [0.15, 0.2) is 0 Å². The van der Waals surface area contributed by atoms with Crippen LogP contribution in [0.1, 0.15) is 58.3 Å². The van der Waals surface area contributed by atoms with Gasteiger partial charge < -0.3 is 32.7 Å². The summed E-state index contributed by atoms with van der Waals surface area (Å²) < 4.78 is 0. The molecule has 0 aromatic heterocycles. The van der Waals surface area contributed by atoms with Crippen molar-refractivity contribution in [2.45, 2.75) is 64.3 Å². The second-order valence-corrected chi connectivity index (χ2v) is 7.14. The Bertz CT molecular complexity index is 256. The Labute approximate surface area is 156 Å². The van der Waals surface area contributed by atoms with Crippen molar-refractivity contribution >= 4 is 0 Å². The summed E-state index contributed by atoms with van der Waals surface area (Å²) in [4.78, 5) is 5.13. The molecule has 6 heteroatoms. The van der Waals surface area contributed by atoms with Gasteiger partial charge >= 0.3 is 0 Å². The van der Waals surface area contributed by atoms with E-state index in [0.717, 1.165) is 78.0 Å². The van der Waals surface area contributed by atoms with Crippen molar-refractivity contribution in [1.29, 1.82) is 0 Å². The molecule has 1 unspecified atom stereocenters. The van der Waals surface area contributed by atoms with Gasteiger partial charge in [0.1, 0.15) is 0 Å². The van der Waals surface area contributed by atoms with Crippen molar-refractivity contribution in [3.8, 4) is 0 Å². The molecule has 152 valence electrons. The van der Waals surface area contributed by atoms with E-state index in [1.807, 2.05) is 0 Å². The first kappa shape index (κ1) is 24.8. The third kappa shape index (κ3) is 14.6. The normalized spacial score (nSPS) is 13.1. The number of unbranched alkanes of at least 4 members (excludes halogenated alkanes) is 2. The highest BCUT2D eigenvalue weighted by Crippen LogP contribution is 2.11. The molecule has 0 heterocycles. The summed E-state index contributed by atoms with van der Waals surface area (Å²) in [5.74, 6) is 0. The highest BCUT2D eigenvalue weighted by atomic mass is 15.1. The van der Waals surface area contributed by atoms with Crippen LogP contribution in [0.5, 0.6) is 0 Å². The minimum absolute atomic E-state index is 0.630. The molecule has 0 spiro atoms. The van der Waals surface area contributed by atoms with Gasteiger partial charge in [-0.3, -0.25) is 0 Å². The summed E-state index contributed by atoms with van der Waals surface area (Å²) in [6, 6.07) is 0.630. The molecular formula is C19H46N6. The van der Waals surface area contributed by atoms with Gasteiger partial charge in [0, 0.05) is 6.04 Å². The van der Waals surface area contributed by atoms with Crippen LogP contribution >= 0.6 is 0 Å². The molecule has 0 aromatic rings. The molecule has 0 aliphatic rings. The van der Waals surface area contributed by atoms with Crippen LogP contribution in [0, 0.1) is 0 Å². The van der Waals surface area contributed by atoms with Crippen LogP contribution in [0.3, 0.4) is 0 Å².